The van der Waals surface area contributed by atoms with E-state index in [2.05, 4.69) is 12.2 Å². The van der Waals surface area contributed by atoms with E-state index in [4.69, 9.17) is 9.47 Å². The summed E-state index contributed by atoms with van der Waals surface area (Å²) in [5, 5.41) is 3.49. The monoisotopic (exact) mass is 185 g/mol. The van der Waals surface area contributed by atoms with Gasteiger partial charge in [-0.1, -0.05) is 0 Å². The fraction of sp³-hybridized carbons (Fsp3) is 1.00. The quantitative estimate of drug-likeness (QED) is 0.709. The predicted molar refractivity (Wildman–Crippen MR) is 50.8 cm³/mol. The maximum atomic E-state index is 5.72. The van der Waals surface area contributed by atoms with Crippen molar-refractivity contribution in [2.45, 2.75) is 44.4 Å². The first-order chi connectivity index (χ1) is 6.34. The van der Waals surface area contributed by atoms with Crippen LogP contribution in [0.25, 0.3) is 0 Å². The van der Waals surface area contributed by atoms with Gasteiger partial charge in [-0.15, -0.1) is 0 Å². The Morgan fingerprint density at radius 2 is 2.23 bits per heavy atom. The summed E-state index contributed by atoms with van der Waals surface area (Å²) < 4.78 is 11.0. The first-order valence-corrected chi connectivity index (χ1v) is 5.31. The fourth-order valence-electron chi connectivity index (χ4n) is 2.03. The Bertz CT molecular complexity index is 157. The summed E-state index contributed by atoms with van der Waals surface area (Å²) in [6, 6.07) is 0.569. The third kappa shape index (κ3) is 2.66. The molecule has 0 amide bonds. The Kier molecular flexibility index (Phi) is 3.19. The van der Waals surface area contributed by atoms with Gasteiger partial charge in [-0.05, 0) is 26.2 Å². The van der Waals surface area contributed by atoms with Crippen molar-refractivity contribution in [3.8, 4) is 0 Å². The molecule has 0 aliphatic carbocycles. The van der Waals surface area contributed by atoms with Crippen LogP contribution in [0.5, 0.6) is 0 Å². The van der Waals surface area contributed by atoms with Crippen LogP contribution in [0.2, 0.25) is 0 Å². The van der Waals surface area contributed by atoms with E-state index in [-0.39, 0.29) is 0 Å². The summed E-state index contributed by atoms with van der Waals surface area (Å²) in [6.45, 7) is 4.94. The zero-order chi connectivity index (χ0) is 9.10. The average Bonchev–Trinajstić information content (AvgIpc) is 2.71. The summed E-state index contributed by atoms with van der Waals surface area (Å²) in [5.41, 5.74) is 0. The molecule has 13 heavy (non-hydrogen) atoms. The van der Waals surface area contributed by atoms with E-state index in [1.807, 2.05) is 0 Å². The minimum absolute atomic E-state index is 0.440. The topological polar surface area (TPSA) is 30.5 Å². The minimum atomic E-state index is 0.440. The van der Waals surface area contributed by atoms with Gasteiger partial charge in [0.15, 0.2) is 0 Å². The molecule has 3 heteroatoms. The van der Waals surface area contributed by atoms with E-state index in [1.54, 1.807) is 0 Å². The standard InChI is InChI=1S/C10H19NO2/c1-8-2-3-10(13-8)6-11-9-4-5-12-7-9/h8-11H,2-7H2,1H3. The second-order valence-electron chi connectivity index (χ2n) is 4.11. The van der Waals surface area contributed by atoms with Crippen LogP contribution in [0, 0.1) is 0 Å². The molecule has 3 unspecified atom stereocenters. The van der Waals surface area contributed by atoms with Crippen LogP contribution in [-0.4, -0.2) is 38.0 Å². The summed E-state index contributed by atoms with van der Waals surface area (Å²) in [5.74, 6) is 0. The average molecular weight is 185 g/mol. The van der Waals surface area contributed by atoms with E-state index < -0.39 is 0 Å². The molecule has 76 valence electrons. The van der Waals surface area contributed by atoms with E-state index in [0.717, 1.165) is 26.2 Å². The van der Waals surface area contributed by atoms with Crippen molar-refractivity contribution in [2.75, 3.05) is 19.8 Å². The highest BCUT2D eigenvalue weighted by Gasteiger charge is 2.23. The van der Waals surface area contributed by atoms with Crippen molar-refractivity contribution < 1.29 is 9.47 Å². The number of hydrogen-bond acceptors (Lipinski definition) is 3. The molecule has 0 aromatic carbocycles. The maximum absolute atomic E-state index is 5.72. The Balaban J connectivity index is 1.62. The minimum Gasteiger partial charge on any atom is -0.380 e. The first-order valence-electron chi connectivity index (χ1n) is 5.31. The number of hydrogen-bond donors (Lipinski definition) is 1. The molecule has 0 saturated carbocycles. The Morgan fingerprint density at radius 1 is 1.31 bits per heavy atom. The highest BCUT2D eigenvalue weighted by molar-refractivity contribution is 4.77. The zero-order valence-corrected chi connectivity index (χ0v) is 8.29. The van der Waals surface area contributed by atoms with Gasteiger partial charge in [0.1, 0.15) is 0 Å². The lowest BCUT2D eigenvalue weighted by molar-refractivity contribution is 0.0540. The third-order valence-corrected chi connectivity index (χ3v) is 2.88. The molecule has 0 bridgehead atoms. The van der Waals surface area contributed by atoms with Crippen LogP contribution in [0.1, 0.15) is 26.2 Å². The van der Waals surface area contributed by atoms with Gasteiger partial charge in [-0.2, -0.15) is 0 Å². The van der Waals surface area contributed by atoms with Crippen molar-refractivity contribution in [2.24, 2.45) is 0 Å². The molecule has 0 radical (unpaired) electrons. The number of ether oxygens (including phenoxy) is 2. The van der Waals surface area contributed by atoms with Crippen LogP contribution >= 0.6 is 0 Å². The van der Waals surface area contributed by atoms with Crippen LogP contribution < -0.4 is 5.32 Å². The van der Waals surface area contributed by atoms with Gasteiger partial charge in [0.05, 0.1) is 18.8 Å². The lowest BCUT2D eigenvalue weighted by atomic mass is 10.2. The van der Waals surface area contributed by atoms with Gasteiger partial charge < -0.3 is 14.8 Å². The van der Waals surface area contributed by atoms with Crippen molar-refractivity contribution in [1.29, 1.82) is 0 Å². The SMILES string of the molecule is CC1CCC(CNC2CCOC2)O1. The molecule has 2 fully saturated rings. The van der Waals surface area contributed by atoms with E-state index in [0.29, 0.717) is 18.2 Å². The van der Waals surface area contributed by atoms with Gasteiger partial charge in [0.2, 0.25) is 0 Å². The van der Waals surface area contributed by atoms with Crippen molar-refractivity contribution in [3.05, 3.63) is 0 Å². The molecular formula is C10H19NO2. The van der Waals surface area contributed by atoms with Crippen LogP contribution in [0.4, 0.5) is 0 Å². The maximum Gasteiger partial charge on any atom is 0.0704 e. The summed E-state index contributed by atoms with van der Waals surface area (Å²) >= 11 is 0. The first kappa shape index (κ1) is 9.44. The summed E-state index contributed by atoms with van der Waals surface area (Å²) in [4.78, 5) is 0. The molecule has 0 spiro atoms. The van der Waals surface area contributed by atoms with Crippen molar-refractivity contribution in [1.82, 2.24) is 5.32 Å². The van der Waals surface area contributed by atoms with Crippen LogP contribution in [-0.2, 0) is 9.47 Å². The second kappa shape index (κ2) is 4.40. The highest BCUT2D eigenvalue weighted by atomic mass is 16.5. The van der Waals surface area contributed by atoms with Gasteiger partial charge in [-0.3, -0.25) is 0 Å². The molecule has 2 saturated heterocycles. The third-order valence-electron chi connectivity index (χ3n) is 2.88. The molecule has 3 atom stereocenters. The van der Waals surface area contributed by atoms with Crippen molar-refractivity contribution >= 4 is 0 Å². The molecule has 2 aliphatic rings. The fourth-order valence-corrected chi connectivity index (χ4v) is 2.03. The van der Waals surface area contributed by atoms with Gasteiger partial charge in [-0.25, -0.2) is 0 Å². The molecule has 0 aromatic heterocycles. The largest absolute Gasteiger partial charge is 0.380 e. The normalized spacial score (nSPS) is 39.9. The molecule has 2 aliphatic heterocycles. The van der Waals surface area contributed by atoms with E-state index in [9.17, 15) is 0 Å². The number of nitrogens with one attached hydrogen (secondary N) is 1. The Labute approximate surface area is 79.8 Å². The molecule has 3 nitrogen and oxygen atoms in total. The lowest BCUT2D eigenvalue weighted by Gasteiger charge is -2.15. The molecule has 0 aromatic rings. The van der Waals surface area contributed by atoms with Crippen LogP contribution in [0.3, 0.4) is 0 Å². The second-order valence-corrected chi connectivity index (χ2v) is 4.11. The number of rotatable bonds is 3. The van der Waals surface area contributed by atoms with Crippen molar-refractivity contribution in [3.63, 3.8) is 0 Å². The summed E-state index contributed by atoms with van der Waals surface area (Å²) in [6.07, 6.45) is 4.49. The summed E-state index contributed by atoms with van der Waals surface area (Å²) in [7, 11) is 0. The van der Waals surface area contributed by atoms with Gasteiger partial charge in [0.25, 0.3) is 0 Å². The predicted octanol–water partition coefficient (Wildman–Crippen LogP) is 0.932. The highest BCUT2D eigenvalue weighted by Crippen LogP contribution is 2.18. The molecule has 1 N–H and O–H groups in total. The molecule has 2 rings (SSSR count). The lowest BCUT2D eigenvalue weighted by Crippen LogP contribution is -2.35. The smallest absolute Gasteiger partial charge is 0.0704 e. The Hall–Kier alpha value is -0.120. The van der Waals surface area contributed by atoms with Gasteiger partial charge >= 0.3 is 0 Å². The molecular weight excluding hydrogens is 166 g/mol. The van der Waals surface area contributed by atoms with E-state index >= 15 is 0 Å². The van der Waals surface area contributed by atoms with Gasteiger partial charge in [0, 0.05) is 19.2 Å². The molecule has 2 heterocycles. The zero-order valence-electron chi connectivity index (χ0n) is 8.29. The van der Waals surface area contributed by atoms with E-state index in [1.165, 1.54) is 12.8 Å². The van der Waals surface area contributed by atoms with Crippen LogP contribution in [0.15, 0.2) is 0 Å². The Morgan fingerprint density at radius 3 is 2.85 bits per heavy atom.